The van der Waals surface area contributed by atoms with E-state index in [1.807, 2.05) is 35.2 Å². The molecule has 124 valence electrons. The van der Waals surface area contributed by atoms with E-state index in [1.54, 1.807) is 4.90 Å². The number of likely N-dealkylation sites (tertiary alicyclic amines) is 2. The van der Waals surface area contributed by atoms with Crippen LogP contribution in [0.25, 0.3) is 0 Å². The van der Waals surface area contributed by atoms with Gasteiger partial charge in [0.05, 0.1) is 0 Å². The number of benzene rings is 1. The number of nitrogens with zero attached hydrogens (tertiary/aromatic N) is 2. The van der Waals surface area contributed by atoms with E-state index in [0.717, 1.165) is 24.9 Å². The lowest BCUT2D eigenvalue weighted by Gasteiger charge is -2.27. The molecule has 2 saturated heterocycles. The molecule has 1 N–H and O–H groups in total. The van der Waals surface area contributed by atoms with Crippen molar-refractivity contribution in [1.82, 2.24) is 9.80 Å². The zero-order valence-electron chi connectivity index (χ0n) is 13.1. The molecule has 3 rings (SSSR count). The lowest BCUT2D eigenvalue weighted by atomic mass is 10.1. The van der Waals surface area contributed by atoms with Crippen LogP contribution in [-0.2, 0) is 16.1 Å². The number of hydrogen-bond acceptors (Lipinski definition) is 4. The van der Waals surface area contributed by atoms with Crippen molar-refractivity contribution >= 4 is 12.1 Å². The lowest BCUT2D eigenvalue weighted by Crippen LogP contribution is -2.45. The molecule has 2 fully saturated rings. The summed E-state index contributed by atoms with van der Waals surface area (Å²) in [5.41, 5.74) is 0.960. The Bertz CT molecular complexity index is 563. The monoisotopic (exact) mass is 318 g/mol. The maximum absolute atomic E-state index is 12.2. The molecule has 2 unspecified atom stereocenters. The van der Waals surface area contributed by atoms with Gasteiger partial charge in [0.2, 0.25) is 0 Å². The van der Waals surface area contributed by atoms with Crippen LogP contribution >= 0.6 is 0 Å². The van der Waals surface area contributed by atoms with Crippen molar-refractivity contribution < 1.29 is 19.4 Å². The van der Waals surface area contributed by atoms with Crippen molar-refractivity contribution in [2.24, 2.45) is 0 Å². The molecule has 0 aromatic heterocycles. The average Bonchev–Trinajstić information content (AvgIpc) is 3.22. The van der Waals surface area contributed by atoms with E-state index in [1.165, 1.54) is 0 Å². The molecule has 1 aromatic rings. The van der Waals surface area contributed by atoms with Gasteiger partial charge in [0.25, 0.3) is 0 Å². The van der Waals surface area contributed by atoms with Crippen molar-refractivity contribution in [1.29, 1.82) is 0 Å². The highest BCUT2D eigenvalue weighted by Gasteiger charge is 2.39. The van der Waals surface area contributed by atoms with Crippen molar-refractivity contribution in [3.63, 3.8) is 0 Å². The number of carboxylic acids is 1. The number of rotatable bonds is 4. The minimum absolute atomic E-state index is 0.128. The molecule has 1 aromatic carbocycles. The maximum atomic E-state index is 12.2. The van der Waals surface area contributed by atoms with Crippen molar-refractivity contribution in [3.05, 3.63) is 35.9 Å². The van der Waals surface area contributed by atoms with Crippen molar-refractivity contribution in [2.45, 2.75) is 38.0 Å². The van der Waals surface area contributed by atoms with Gasteiger partial charge in [0.1, 0.15) is 12.6 Å². The molecular weight excluding hydrogens is 296 g/mol. The van der Waals surface area contributed by atoms with Gasteiger partial charge in [0, 0.05) is 19.1 Å². The van der Waals surface area contributed by atoms with Gasteiger partial charge in [-0.1, -0.05) is 30.3 Å². The molecule has 1 amide bonds. The Morgan fingerprint density at radius 2 is 1.96 bits per heavy atom. The summed E-state index contributed by atoms with van der Waals surface area (Å²) in [4.78, 5) is 27.2. The largest absolute Gasteiger partial charge is 0.480 e. The van der Waals surface area contributed by atoms with Crippen molar-refractivity contribution in [2.75, 3.05) is 19.6 Å². The Kier molecular flexibility index (Phi) is 4.81. The van der Waals surface area contributed by atoms with Gasteiger partial charge in [-0.15, -0.1) is 0 Å². The number of amides is 1. The third-order valence-corrected chi connectivity index (χ3v) is 4.67. The molecule has 0 radical (unpaired) electrons. The lowest BCUT2D eigenvalue weighted by molar-refractivity contribution is -0.142. The predicted molar refractivity (Wildman–Crippen MR) is 84.0 cm³/mol. The van der Waals surface area contributed by atoms with Gasteiger partial charge in [-0.3, -0.25) is 9.69 Å². The summed E-state index contributed by atoms with van der Waals surface area (Å²) in [5, 5.41) is 9.28. The minimum atomic E-state index is -0.757. The zero-order valence-corrected chi connectivity index (χ0v) is 13.1. The van der Waals surface area contributed by atoms with Crippen LogP contribution in [-0.4, -0.2) is 58.7 Å². The second-order valence-electron chi connectivity index (χ2n) is 6.16. The van der Waals surface area contributed by atoms with E-state index in [0.29, 0.717) is 19.5 Å². The van der Waals surface area contributed by atoms with E-state index in [2.05, 4.69) is 0 Å². The first-order chi connectivity index (χ1) is 11.1. The first-order valence-electron chi connectivity index (χ1n) is 8.09. The minimum Gasteiger partial charge on any atom is -0.480 e. The SMILES string of the molecule is O=C(O)C1CCCN1C1CCN(C(=O)OCc2ccccc2)C1. The first-order valence-corrected chi connectivity index (χ1v) is 8.09. The van der Waals surface area contributed by atoms with Crippen LogP contribution in [0.3, 0.4) is 0 Å². The van der Waals surface area contributed by atoms with Crippen molar-refractivity contribution in [3.8, 4) is 0 Å². The van der Waals surface area contributed by atoms with Crippen LogP contribution in [0.15, 0.2) is 30.3 Å². The average molecular weight is 318 g/mol. The van der Waals surface area contributed by atoms with E-state index in [-0.39, 0.29) is 18.7 Å². The molecule has 0 bridgehead atoms. The standard InChI is InChI=1S/C17H22N2O4/c20-16(21)15-7-4-9-19(15)14-8-10-18(11-14)17(22)23-12-13-5-2-1-3-6-13/h1-3,5-6,14-15H,4,7-12H2,(H,20,21). The number of carbonyl (C=O) groups is 2. The van der Waals surface area contributed by atoms with Gasteiger partial charge in [-0.05, 0) is 31.4 Å². The zero-order chi connectivity index (χ0) is 16.2. The maximum Gasteiger partial charge on any atom is 0.410 e. The topological polar surface area (TPSA) is 70.1 Å². The van der Waals surface area contributed by atoms with E-state index < -0.39 is 12.0 Å². The number of carbonyl (C=O) groups excluding carboxylic acids is 1. The molecule has 2 aliphatic rings. The fourth-order valence-electron chi connectivity index (χ4n) is 3.48. The quantitative estimate of drug-likeness (QED) is 0.919. The predicted octanol–water partition coefficient (Wildman–Crippen LogP) is 1.95. The molecule has 2 atom stereocenters. The highest BCUT2D eigenvalue weighted by molar-refractivity contribution is 5.74. The molecule has 0 aliphatic carbocycles. The van der Waals surface area contributed by atoms with E-state index >= 15 is 0 Å². The molecule has 0 spiro atoms. The summed E-state index contributed by atoms with van der Waals surface area (Å²) < 4.78 is 5.35. The van der Waals surface area contributed by atoms with Gasteiger partial charge in [-0.25, -0.2) is 4.79 Å². The van der Waals surface area contributed by atoms with E-state index in [9.17, 15) is 14.7 Å². The van der Waals surface area contributed by atoms with Crippen LogP contribution in [0.4, 0.5) is 4.79 Å². The summed E-state index contributed by atoms with van der Waals surface area (Å²) >= 11 is 0. The van der Waals surface area contributed by atoms with E-state index in [4.69, 9.17) is 4.74 Å². The number of carboxylic acid groups (broad SMARTS) is 1. The highest BCUT2D eigenvalue weighted by Crippen LogP contribution is 2.26. The highest BCUT2D eigenvalue weighted by atomic mass is 16.6. The number of aliphatic carboxylic acids is 1. The molecule has 6 nitrogen and oxygen atoms in total. The smallest absolute Gasteiger partial charge is 0.410 e. The summed E-state index contributed by atoms with van der Waals surface area (Å²) in [6.07, 6.45) is 2.10. The fraction of sp³-hybridized carbons (Fsp3) is 0.529. The summed E-state index contributed by atoms with van der Waals surface area (Å²) in [7, 11) is 0. The Hall–Kier alpha value is -2.08. The van der Waals surface area contributed by atoms with Crippen LogP contribution < -0.4 is 0 Å². The normalized spacial score (nSPS) is 24.8. The molecule has 0 saturated carbocycles. The van der Waals surface area contributed by atoms with Gasteiger partial charge >= 0.3 is 12.1 Å². The Labute approximate surface area is 135 Å². The van der Waals surface area contributed by atoms with Gasteiger partial charge in [0.15, 0.2) is 0 Å². The van der Waals surface area contributed by atoms with Crippen LogP contribution in [0, 0.1) is 0 Å². The van der Waals surface area contributed by atoms with Crippen LogP contribution in [0.1, 0.15) is 24.8 Å². The third kappa shape index (κ3) is 3.64. The molecule has 2 heterocycles. The first kappa shape index (κ1) is 15.8. The number of hydrogen-bond donors (Lipinski definition) is 1. The number of ether oxygens (including phenoxy) is 1. The Morgan fingerprint density at radius 3 is 2.70 bits per heavy atom. The second-order valence-corrected chi connectivity index (χ2v) is 6.16. The molecular formula is C17H22N2O4. The summed E-state index contributed by atoms with van der Waals surface area (Å²) in [5.74, 6) is -0.757. The van der Waals surface area contributed by atoms with Gasteiger partial charge in [-0.2, -0.15) is 0 Å². The fourth-order valence-corrected chi connectivity index (χ4v) is 3.48. The molecule has 6 heteroatoms. The Balaban J connectivity index is 1.51. The molecule has 2 aliphatic heterocycles. The Morgan fingerprint density at radius 1 is 1.17 bits per heavy atom. The summed E-state index contributed by atoms with van der Waals surface area (Å²) in [6, 6.07) is 9.31. The van der Waals surface area contributed by atoms with Crippen LogP contribution in [0.5, 0.6) is 0 Å². The molecule has 23 heavy (non-hydrogen) atoms. The second kappa shape index (κ2) is 7.00. The summed E-state index contributed by atoms with van der Waals surface area (Å²) in [6.45, 7) is 2.25. The van der Waals surface area contributed by atoms with Crippen LogP contribution in [0.2, 0.25) is 0 Å². The third-order valence-electron chi connectivity index (χ3n) is 4.67. The van der Waals surface area contributed by atoms with Gasteiger partial charge < -0.3 is 14.7 Å².